The molecule has 1 unspecified atom stereocenters. The number of nitrogens with one attached hydrogen (secondary N) is 1. The molecule has 1 N–H and O–H groups in total. The summed E-state index contributed by atoms with van der Waals surface area (Å²) in [5.41, 5.74) is 0.842. The summed E-state index contributed by atoms with van der Waals surface area (Å²) in [6.07, 6.45) is 2.20. The first-order valence-corrected chi connectivity index (χ1v) is 6.91. The summed E-state index contributed by atoms with van der Waals surface area (Å²) in [4.78, 5) is 4.58. The van der Waals surface area contributed by atoms with Crippen LogP contribution in [0.3, 0.4) is 0 Å². The first-order chi connectivity index (χ1) is 9.71. The van der Waals surface area contributed by atoms with Crippen LogP contribution < -0.4 is 10.1 Å². The Labute approximate surface area is 118 Å². The third-order valence-electron chi connectivity index (χ3n) is 3.87. The summed E-state index contributed by atoms with van der Waals surface area (Å²) >= 11 is 0. The summed E-state index contributed by atoms with van der Waals surface area (Å²) in [5.74, 6) is 2.12. The number of methoxy groups -OCH3 is 1. The molecule has 1 aliphatic rings. The van der Waals surface area contributed by atoms with Gasteiger partial charge in [-0.05, 0) is 38.4 Å². The third kappa shape index (κ3) is 2.41. The topological polar surface area (TPSA) is 60.2 Å². The number of hydrogen-bond acceptors (Lipinski definition) is 5. The fourth-order valence-corrected chi connectivity index (χ4v) is 2.59. The minimum Gasteiger partial charge on any atom is -0.497 e. The van der Waals surface area contributed by atoms with Gasteiger partial charge < -0.3 is 14.6 Å². The van der Waals surface area contributed by atoms with Gasteiger partial charge in [-0.1, -0.05) is 17.3 Å². The van der Waals surface area contributed by atoms with Gasteiger partial charge in [-0.15, -0.1) is 0 Å². The lowest BCUT2D eigenvalue weighted by atomic mass is 9.83. The molecule has 1 aromatic carbocycles. The van der Waals surface area contributed by atoms with E-state index < -0.39 is 0 Å². The number of benzene rings is 1. The summed E-state index contributed by atoms with van der Waals surface area (Å²) in [6, 6.07) is 7.69. The average Bonchev–Trinajstić information content (AvgIpc) is 2.99. The van der Waals surface area contributed by atoms with Crippen LogP contribution in [-0.4, -0.2) is 30.3 Å². The highest BCUT2D eigenvalue weighted by molar-refractivity contribution is 5.56. The van der Waals surface area contributed by atoms with Crippen molar-refractivity contribution in [3.05, 3.63) is 30.2 Å². The van der Waals surface area contributed by atoms with Crippen LogP contribution in [0.5, 0.6) is 5.75 Å². The third-order valence-corrected chi connectivity index (χ3v) is 3.87. The van der Waals surface area contributed by atoms with E-state index in [1.807, 2.05) is 24.3 Å². The Morgan fingerprint density at radius 3 is 3.05 bits per heavy atom. The molecule has 0 bridgehead atoms. The number of ether oxygens (including phenoxy) is 1. The maximum absolute atomic E-state index is 5.49. The van der Waals surface area contributed by atoms with Gasteiger partial charge in [0.15, 0.2) is 0 Å². The van der Waals surface area contributed by atoms with Gasteiger partial charge in [0.05, 0.1) is 12.5 Å². The molecule has 0 spiro atoms. The molecule has 1 aliphatic heterocycles. The summed E-state index contributed by atoms with van der Waals surface area (Å²) in [6.45, 7) is 4.11. The smallest absolute Gasteiger partial charge is 0.234 e. The minimum absolute atomic E-state index is 0.0671. The van der Waals surface area contributed by atoms with Crippen LogP contribution in [0.15, 0.2) is 28.8 Å². The Hall–Kier alpha value is -1.88. The van der Waals surface area contributed by atoms with E-state index in [-0.39, 0.29) is 5.41 Å². The first-order valence-electron chi connectivity index (χ1n) is 6.91. The number of hydrogen-bond donors (Lipinski definition) is 1. The van der Waals surface area contributed by atoms with Gasteiger partial charge in [-0.25, -0.2) is 0 Å². The number of piperidine rings is 1. The Morgan fingerprint density at radius 1 is 1.40 bits per heavy atom. The minimum atomic E-state index is -0.0671. The molecule has 20 heavy (non-hydrogen) atoms. The average molecular weight is 273 g/mol. The maximum atomic E-state index is 5.49. The van der Waals surface area contributed by atoms with Crippen molar-refractivity contribution < 1.29 is 9.26 Å². The Bertz CT molecular complexity index is 588. The molecule has 1 saturated heterocycles. The van der Waals surface area contributed by atoms with Crippen molar-refractivity contribution in [2.45, 2.75) is 25.2 Å². The van der Waals surface area contributed by atoms with Gasteiger partial charge in [-0.2, -0.15) is 4.98 Å². The van der Waals surface area contributed by atoms with Crippen LogP contribution >= 0.6 is 0 Å². The lowest BCUT2D eigenvalue weighted by Crippen LogP contribution is -2.41. The number of nitrogens with zero attached hydrogens (tertiary/aromatic N) is 2. The quantitative estimate of drug-likeness (QED) is 0.930. The molecular weight excluding hydrogens is 254 g/mol. The summed E-state index contributed by atoms with van der Waals surface area (Å²) in [5, 5.41) is 7.51. The van der Waals surface area contributed by atoms with E-state index in [4.69, 9.17) is 9.26 Å². The van der Waals surface area contributed by atoms with E-state index >= 15 is 0 Å². The SMILES string of the molecule is COc1cccc(-c2noc(C3(C)CCCNC3)n2)c1. The van der Waals surface area contributed by atoms with Crippen molar-refractivity contribution in [1.82, 2.24) is 15.5 Å². The van der Waals surface area contributed by atoms with Gasteiger partial charge in [0.2, 0.25) is 11.7 Å². The zero-order valence-corrected chi connectivity index (χ0v) is 11.8. The molecule has 2 heterocycles. The molecule has 2 aromatic rings. The summed E-state index contributed by atoms with van der Waals surface area (Å²) < 4.78 is 10.7. The monoisotopic (exact) mass is 273 g/mol. The Kier molecular flexibility index (Phi) is 3.44. The van der Waals surface area contributed by atoms with E-state index in [1.165, 1.54) is 0 Å². The van der Waals surface area contributed by atoms with Crippen molar-refractivity contribution in [2.24, 2.45) is 0 Å². The van der Waals surface area contributed by atoms with E-state index in [9.17, 15) is 0 Å². The second kappa shape index (κ2) is 5.25. The van der Waals surface area contributed by atoms with Gasteiger partial charge >= 0.3 is 0 Å². The number of aromatic nitrogens is 2. The molecule has 0 aliphatic carbocycles. The predicted octanol–water partition coefficient (Wildman–Crippen LogP) is 2.39. The van der Waals surface area contributed by atoms with Gasteiger partial charge in [-0.3, -0.25) is 0 Å². The van der Waals surface area contributed by atoms with Gasteiger partial charge in [0.1, 0.15) is 5.75 Å². The molecule has 5 nitrogen and oxygen atoms in total. The van der Waals surface area contributed by atoms with Crippen LogP contribution in [-0.2, 0) is 5.41 Å². The molecule has 0 radical (unpaired) electrons. The van der Waals surface area contributed by atoms with E-state index in [1.54, 1.807) is 7.11 Å². The Morgan fingerprint density at radius 2 is 2.30 bits per heavy atom. The lowest BCUT2D eigenvalue weighted by molar-refractivity contribution is 0.245. The molecule has 106 valence electrons. The van der Waals surface area contributed by atoms with Crippen LogP contribution in [0, 0.1) is 0 Å². The Balaban J connectivity index is 1.89. The van der Waals surface area contributed by atoms with Crippen molar-refractivity contribution in [3.63, 3.8) is 0 Å². The van der Waals surface area contributed by atoms with Crippen LogP contribution in [0.4, 0.5) is 0 Å². The largest absolute Gasteiger partial charge is 0.497 e. The molecule has 1 fully saturated rings. The van der Waals surface area contributed by atoms with Crippen LogP contribution in [0.25, 0.3) is 11.4 Å². The van der Waals surface area contributed by atoms with E-state index in [0.717, 1.165) is 37.2 Å². The molecule has 3 rings (SSSR count). The fraction of sp³-hybridized carbons (Fsp3) is 0.467. The zero-order chi connectivity index (χ0) is 14.0. The molecule has 5 heteroatoms. The predicted molar refractivity (Wildman–Crippen MR) is 75.7 cm³/mol. The fourth-order valence-electron chi connectivity index (χ4n) is 2.59. The highest BCUT2D eigenvalue weighted by Crippen LogP contribution is 2.31. The maximum Gasteiger partial charge on any atom is 0.234 e. The zero-order valence-electron chi connectivity index (χ0n) is 11.8. The van der Waals surface area contributed by atoms with E-state index in [0.29, 0.717) is 11.7 Å². The van der Waals surface area contributed by atoms with Crippen molar-refractivity contribution in [2.75, 3.05) is 20.2 Å². The van der Waals surface area contributed by atoms with Gasteiger partial charge in [0, 0.05) is 12.1 Å². The molecule has 1 atom stereocenters. The molecular formula is C15H19N3O2. The van der Waals surface area contributed by atoms with E-state index in [2.05, 4.69) is 22.4 Å². The summed E-state index contributed by atoms with van der Waals surface area (Å²) in [7, 11) is 1.65. The molecule has 0 amide bonds. The van der Waals surface area contributed by atoms with Crippen molar-refractivity contribution in [3.8, 4) is 17.1 Å². The second-order valence-corrected chi connectivity index (χ2v) is 5.50. The molecule has 0 saturated carbocycles. The van der Waals surface area contributed by atoms with Crippen molar-refractivity contribution in [1.29, 1.82) is 0 Å². The molecule has 1 aromatic heterocycles. The van der Waals surface area contributed by atoms with Crippen LogP contribution in [0.2, 0.25) is 0 Å². The first kappa shape index (κ1) is 13.1. The lowest BCUT2D eigenvalue weighted by Gasteiger charge is -2.30. The highest BCUT2D eigenvalue weighted by Gasteiger charge is 2.34. The normalized spacial score (nSPS) is 22.7. The van der Waals surface area contributed by atoms with Crippen LogP contribution in [0.1, 0.15) is 25.7 Å². The number of rotatable bonds is 3. The van der Waals surface area contributed by atoms with Crippen molar-refractivity contribution >= 4 is 0 Å². The van der Waals surface area contributed by atoms with Gasteiger partial charge in [0.25, 0.3) is 0 Å². The highest BCUT2D eigenvalue weighted by atomic mass is 16.5. The second-order valence-electron chi connectivity index (χ2n) is 5.50. The standard InChI is InChI=1S/C15H19N3O2/c1-15(7-4-8-16-10-15)14-17-13(18-20-14)11-5-3-6-12(9-11)19-2/h3,5-6,9,16H,4,7-8,10H2,1-2H3.